The second-order valence-electron chi connectivity index (χ2n) is 5.43. The minimum Gasteiger partial charge on any atom is -0.274 e. The van der Waals surface area contributed by atoms with Gasteiger partial charge in [0.05, 0.1) is 12.4 Å². The molecule has 3 aromatic rings. The fourth-order valence-electron chi connectivity index (χ4n) is 2.50. The number of hydrogen-bond acceptors (Lipinski definition) is 4. The van der Waals surface area contributed by atoms with E-state index >= 15 is 0 Å². The van der Waals surface area contributed by atoms with Crippen molar-refractivity contribution in [2.24, 2.45) is 7.05 Å². The van der Waals surface area contributed by atoms with Crippen LogP contribution in [0, 0.1) is 6.92 Å². The van der Waals surface area contributed by atoms with Crippen molar-refractivity contribution in [3.05, 3.63) is 54.1 Å². The van der Waals surface area contributed by atoms with Crippen LogP contribution in [-0.2, 0) is 19.9 Å². The number of rotatable bonds is 6. The van der Waals surface area contributed by atoms with Gasteiger partial charge >= 0.3 is 0 Å². The predicted molar refractivity (Wildman–Crippen MR) is 83.7 cm³/mol. The Morgan fingerprint density at radius 2 is 2.00 bits per heavy atom. The molecule has 0 aliphatic carbocycles. The molecule has 22 heavy (non-hydrogen) atoms. The Morgan fingerprint density at radius 1 is 1.14 bits per heavy atom. The standard InChI is InChI=1S/C16H20N6/c1-13-19-16(22(20-13)15-11-18-21(2)12-15)8-4-3-6-14-7-5-9-17-10-14/h5,7,9-12H,3-4,6,8H2,1-2H3. The number of unbranched alkanes of at least 4 members (excludes halogenated alkanes) is 1. The molecule has 6 nitrogen and oxygen atoms in total. The quantitative estimate of drug-likeness (QED) is 0.655. The van der Waals surface area contributed by atoms with Gasteiger partial charge in [-0.05, 0) is 37.8 Å². The van der Waals surface area contributed by atoms with E-state index in [9.17, 15) is 0 Å². The summed E-state index contributed by atoms with van der Waals surface area (Å²) >= 11 is 0. The van der Waals surface area contributed by atoms with Crippen molar-refractivity contribution in [2.45, 2.75) is 32.6 Å². The van der Waals surface area contributed by atoms with Crippen molar-refractivity contribution in [2.75, 3.05) is 0 Å². The summed E-state index contributed by atoms with van der Waals surface area (Å²) in [5, 5.41) is 8.67. The third kappa shape index (κ3) is 3.39. The fourth-order valence-corrected chi connectivity index (χ4v) is 2.50. The minimum absolute atomic E-state index is 0.797. The molecule has 0 atom stereocenters. The first-order valence-corrected chi connectivity index (χ1v) is 7.53. The van der Waals surface area contributed by atoms with Crippen LogP contribution < -0.4 is 0 Å². The van der Waals surface area contributed by atoms with Crippen LogP contribution in [0.1, 0.15) is 30.1 Å². The van der Waals surface area contributed by atoms with Gasteiger partial charge in [-0.15, -0.1) is 0 Å². The average molecular weight is 296 g/mol. The van der Waals surface area contributed by atoms with Crippen LogP contribution in [0.3, 0.4) is 0 Å². The molecule has 3 heterocycles. The highest BCUT2D eigenvalue weighted by atomic mass is 15.4. The topological polar surface area (TPSA) is 61.4 Å². The monoisotopic (exact) mass is 296 g/mol. The summed E-state index contributed by atoms with van der Waals surface area (Å²) in [6, 6.07) is 4.10. The van der Waals surface area contributed by atoms with Gasteiger partial charge in [-0.25, -0.2) is 9.67 Å². The molecule has 0 spiro atoms. The molecule has 3 rings (SSSR count). The summed E-state index contributed by atoms with van der Waals surface area (Å²) < 4.78 is 3.67. The molecule has 0 saturated heterocycles. The van der Waals surface area contributed by atoms with Crippen LogP contribution in [-0.4, -0.2) is 29.5 Å². The molecule has 3 aromatic heterocycles. The maximum atomic E-state index is 4.54. The summed E-state index contributed by atoms with van der Waals surface area (Å²) in [6.45, 7) is 1.92. The lowest BCUT2D eigenvalue weighted by atomic mass is 10.1. The molecule has 0 radical (unpaired) electrons. The van der Waals surface area contributed by atoms with Crippen LogP contribution in [0.2, 0.25) is 0 Å². The maximum Gasteiger partial charge on any atom is 0.148 e. The largest absolute Gasteiger partial charge is 0.274 e. The van der Waals surface area contributed by atoms with Crippen molar-refractivity contribution in [3.63, 3.8) is 0 Å². The van der Waals surface area contributed by atoms with E-state index in [1.807, 2.05) is 49.5 Å². The van der Waals surface area contributed by atoms with E-state index in [-0.39, 0.29) is 0 Å². The van der Waals surface area contributed by atoms with E-state index in [1.54, 1.807) is 4.68 Å². The predicted octanol–water partition coefficient (Wildman–Crippen LogP) is 2.27. The van der Waals surface area contributed by atoms with Crippen LogP contribution in [0.25, 0.3) is 5.69 Å². The Balaban J connectivity index is 1.61. The first-order chi connectivity index (χ1) is 10.7. The van der Waals surface area contributed by atoms with E-state index in [4.69, 9.17) is 0 Å². The lowest BCUT2D eigenvalue weighted by Gasteiger charge is -2.03. The van der Waals surface area contributed by atoms with Gasteiger partial charge in [0.2, 0.25) is 0 Å². The van der Waals surface area contributed by atoms with Crippen molar-refractivity contribution in [3.8, 4) is 5.69 Å². The van der Waals surface area contributed by atoms with Gasteiger partial charge in [-0.3, -0.25) is 9.67 Å². The summed E-state index contributed by atoms with van der Waals surface area (Å²) in [5.41, 5.74) is 2.25. The van der Waals surface area contributed by atoms with Crippen LogP contribution in [0.5, 0.6) is 0 Å². The first-order valence-electron chi connectivity index (χ1n) is 7.53. The minimum atomic E-state index is 0.797. The lowest BCUT2D eigenvalue weighted by molar-refractivity contribution is 0.682. The molecule has 6 heteroatoms. The fraction of sp³-hybridized carbons (Fsp3) is 0.375. The second kappa shape index (κ2) is 6.51. The van der Waals surface area contributed by atoms with Crippen LogP contribution in [0.15, 0.2) is 36.9 Å². The Bertz CT molecular complexity index is 728. The van der Waals surface area contributed by atoms with Crippen molar-refractivity contribution >= 4 is 0 Å². The Morgan fingerprint density at radius 3 is 2.73 bits per heavy atom. The highest BCUT2D eigenvalue weighted by Gasteiger charge is 2.10. The molecule has 0 aromatic carbocycles. The van der Waals surface area contributed by atoms with E-state index in [0.717, 1.165) is 43.0 Å². The molecule has 0 saturated carbocycles. The number of hydrogen-bond donors (Lipinski definition) is 0. The summed E-state index contributed by atoms with van der Waals surface area (Å²) in [6.07, 6.45) is 11.7. The van der Waals surface area contributed by atoms with E-state index in [1.165, 1.54) is 5.56 Å². The molecule has 0 amide bonds. The molecule has 0 aliphatic rings. The van der Waals surface area contributed by atoms with Crippen molar-refractivity contribution < 1.29 is 0 Å². The van der Waals surface area contributed by atoms with Gasteiger partial charge in [-0.2, -0.15) is 10.2 Å². The molecule has 0 unspecified atom stereocenters. The number of aromatic nitrogens is 6. The second-order valence-corrected chi connectivity index (χ2v) is 5.43. The molecule has 0 bridgehead atoms. The highest BCUT2D eigenvalue weighted by Crippen LogP contribution is 2.12. The molecule has 0 N–H and O–H groups in total. The number of nitrogens with zero attached hydrogens (tertiary/aromatic N) is 6. The van der Waals surface area contributed by atoms with Gasteiger partial charge in [0.25, 0.3) is 0 Å². The first kappa shape index (κ1) is 14.4. The third-order valence-corrected chi connectivity index (χ3v) is 3.55. The van der Waals surface area contributed by atoms with Gasteiger partial charge in [0.15, 0.2) is 0 Å². The zero-order valence-corrected chi connectivity index (χ0v) is 13.0. The van der Waals surface area contributed by atoms with E-state index in [0.29, 0.717) is 0 Å². The summed E-state index contributed by atoms with van der Waals surface area (Å²) in [7, 11) is 1.90. The Hall–Kier alpha value is -2.50. The lowest BCUT2D eigenvalue weighted by Crippen LogP contribution is -2.03. The van der Waals surface area contributed by atoms with Gasteiger partial charge in [0, 0.05) is 25.9 Å². The summed E-state index contributed by atoms with van der Waals surface area (Å²) in [5.74, 6) is 1.79. The molecule has 114 valence electrons. The van der Waals surface area contributed by atoms with Crippen molar-refractivity contribution in [1.82, 2.24) is 29.5 Å². The molecule has 0 aliphatic heterocycles. The normalized spacial score (nSPS) is 11.0. The van der Waals surface area contributed by atoms with Crippen LogP contribution >= 0.6 is 0 Å². The van der Waals surface area contributed by atoms with Gasteiger partial charge in [-0.1, -0.05) is 6.07 Å². The zero-order valence-electron chi connectivity index (χ0n) is 13.0. The molecular weight excluding hydrogens is 276 g/mol. The Kier molecular flexibility index (Phi) is 4.27. The molecular formula is C16H20N6. The van der Waals surface area contributed by atoms with Crippen molar-refractivity contribution in [1.29, 1.82) is 0 Å². The Labute approximate surface area is 129 Å². The third-order valence-electron chi connectivity index (χ3n) is 3.55. The van der Waals surface area contributed by atoms with Gasteiger partial charge in [0.1, 0.15) is 17.3 Å². The molecule has 0 fully saturated rings. The highest BCUT2D eigenvalue weighted by molar-refractivity contribution is 5.25. The average Bonchev–Trinajstić information content (AvgIpc) is 3.10. The number of pyridine rings is 1. The summed E-state index contributed by atoms with van der Waals surface area (Å²) in [4.78, 5) is 8.69. The maximum absolute atomic E-state index is 4.54. The van der Waals surface area contributed by atoms with Gasteiger partial charge < -0.3 is 0 Å². The SMILES string of the molecule is Cc1nc(CCCCc2cccnc2)n(-c2cnn(C)c2)n1. The van der Waals surface area contributed by atoms with Crippen LogP contribution in [0.4, 0.5) is 0 Å². The van der Waals surface area contributed by atoms with E-state index < -0.39 is 0 Å². The zero-order chi connectivity index (χ0) is 15.4. The van der Waals surface area contributed by atoms with E-state index in [2.05, 4.69) is 26.2 Å². The number of aryl methyl sites for hydroxylation is 4. The smallest absolute Gasteiger partial charge is 0.148 e.